The van der Waals surface area contributed by atoms with Crippen LogP contribution in [0.1, 0.15) is 13.3 Å². The Kier molecular flexibility index (Phi) is 4.69. The molecule has 4 rings (SSSR count). The number of halogens is 1. The molecule has 2 N–H and O–H groups in total. The molecule has 3 aromatic rings. The average Bonchev–Trinajstić information content (AvgIpc) is 3.31. The van der Waals surface area contributed by atoms with Gasteiger partial charge in [-0.1, -0.05) is 35.1 Å². The van der Waals surface area contributed by atoms with E-state index in [0.717, 1.165) is 34.3 Å². The van der Waals surface area contributed by atoms with Crippen LogP contribution in [0.25, 0.3) is 16.2 Å². The number of imidazole rings is 1. The van der Waals surface area contributed by atoms with Gasteiger partial charge in [-0.2, -0.15) is 0 Å². The lowest BCUT2D eigenvalue weighted by molar-refractivity contribution is 0.209. The number of aromatic nitrogens is 3. The first-order valence-corrected chi connectivity index (χ1v) is 9.73. The van der Waals surface area contributed by atoms with Gasteiger partial charge < -0.3 is 15.5 Å². The minimum absolute atomic E-state index is 0.00153. The second kappa shape index (κ2) is 7.13. The van der Waals surface area contributed by atoms with Crippen molar-refractivity contribution in [3.05, 3.63) is 35.5 Å². The molecular weight excluding hydrogens is 372 g/mol. The quantitative estimate of drug-likeness (QED) is 0.716. The van der Waals surface area contributed by atoms with Gasteiger partial charge in [-0.05, 0) is 25.5 Å². The molecule has 9 heteroatoms. The van der Waals surface area contributed by atoms with E-state index in [-0.39, 0.29) is 12.1 Å². The van der Waals surface area contributed by atoms with Crippen molar-refractivity contribution in [3.8, 4) is 11.3 Å². The maximum atomic E-state index is 11.9. The molecule has 2 amide bonds. The second-order valence-electron chi connectivity index (χ2n) is 6.18. The number of urea groups is 1. The number of benzene rings is 1. The lowest BCUT2D eigenvalue weighted by atomic mass is 10.2. The first kappa shape index (κ1) is 17.1. The SMILES string of the molecule is CCNC(=O)N1CCC(Nc2nn3cc(-c4ccc(Cl)cc4)nc3s2)C1. The summed E-state index contributed by atoms with van der Waals surface area (Å²) in [4.78, 5) is 19.2. The molecule has 2 aromatic heterocycles. The number of carbonyl (C=O) groups excluding carboxylic acids is 1. The summed E-state index contributed by atoms with van der Waals surface area (Å²) in [5, 5.41) is 12.3. The highest BCUT2D eigenvalue weighted by Gasteiger charge is 2.26. The van der Waals surface area contributed by atoms with Gasteiger partial charge in [-0.25, -0.2) is 14.3 Å². The Morgan fingerprint density at radius 2 is 2.19 bits per heavy atom. The molecule has 3 heterocycles. The Labute approximate surface area is 160 Å². The van der Waals surface area contributed by atoms with E-state index >= 15 is 0 Å². The molecule has 0 saturated carbocycles. The summed E-state index contributed by atoms with van der Waals surface area (Å²) >= 11 is 7.44. The van der Waals surface area contributed by atoms with Crippen LogP contribution in [0.2, 0.25) is 5.02 Å². The third-order valence-electron chi connectivity index (χ3n) is 4.31. The van der Waals surface area contributed by atoms with Crippen molar-refractivity contribution < 1.29 is 4.79 Å². The topological polar surface area (TPSA) is 74.6 Å². The van der Waals surface area contributed by atoms with Gasteiger partial charge in [0.15, 0.2) is 0 Å². The second-order valence-corrected chi connectivity index (χ2v) is 7.57. The van der Waals surface area contributed by atoms with Crippen LogP contribution >= 0.6 is 22.9 Å². The van der Waals surface area contributed by atoms with Crippen LogP contribution in [0, 0.1) is 0 Å². The van der Waals surface area contributed by atoms with Crippen molar-refractivity contribution in [2.45, 2.75) is 19.4 Å². The van der Waals surface area contributed by atoms with Crippen molar-refractivity contribution in [2.75, 3.05) is 25.0 Å². The fourth-order valence-corrected chi connectivity index (χ4v) is 4.00. The number of rotatable bonds is 4. The molecular formula is C17H19ClN6OS. The van der Waals surface area contributed by atoms with Gasteiger partial charge >= 0.3 is 6.03 Å². The summed E-state index contributed by atoms with van der Waals surface area (Å²) in [5.74, 6) is 0. The van der Waals surface area contributed by atoms with Crippen LogP contribution in [-0.2, 0) is 0 Å². The van der Waals surface area contributed by atoms with Gasteiger partial charge in [-0.15, -0.1) is 5.10 Å². The number of likely N-dealkylation sites (tertiary alicyclic amines) is 1. The molecule has 0 spiro atoms. The number of anilines is 1. The summed E-state index contributed by atoms with van der Waals surface area (Å²) in [5.41, 5.74) is 1.88. The fraction of sp³-hybridized carbons (Fsp3) is 0.353. The summed E-state index contributed by atoms with van der Waals surface area (Å²) in [6.45, 7) is 4.01. The number of hydrogen-bond acceptors (Lipinski definition) is 5. The minimum atomic E-state index is -0.00153. The van der Waals surface area contributed by atoms with Crippen LogP contribution in [0.15, 0.2) is 30.5 Å². The lowest BCUT2D eigenvalue weighted by Gasteiger charge is -2.16. The molecule has 1 aliphatic heterocycles. The van der Waals surface area contributed by atoms with E-state index in [2.05, 4.69) is 20.7 Å². The van der Waals surface area contributed by atoms with Crippen molar-refractivity contribution >= 4 is 39.1 Å². The van der Waals surface area contributed by atoms with Gasteiger partial charge in [-0.3, -0.25) is 0 Å². The molecule has 0 radical (unpaired) electrons. The summed E-state index contributed by atoms with van der Waals surface area (Å²) < 4.78 is 1.79. The van der Waals surface area contributed by atoms with E-state index in [0.29, 0.717) is 18.1 Å². The molecule has 136 valence electrons. The van der Waals surface area contributed by atoms with Gasteiger partial charge in [0.1, 0.15) is 0 Å². The number of fused-ring (bicyclic) bond motifs is 1. The Morgan fingerprint density at radius 1 is 1.38 bits per heavy atom. The van der Waals surface area contributed by atoms with Crippen molar-refractivity contribution in [1.82, 2.24) is 24.8 Å². The molecule has 7 nitrogen and oxygen atoms in total. The zero-order valence-electron chi connectivity index (χ0n) is 14.3. The molecule has 0 aliphatic carbocycles. The van der Waals surface area contributed by atoms with Crippen molar-refractivity contribution in [2.24, 2.45) is 0 Å². The molecule has 1 saturated heterocycles. The molecule has 1 unspecified atom stereocenters. The van der Waals surface area contributed by atoms with Gasteiger partial charge in [0, 0.05) is 36.3 Å². The first-order valence-electron chi connectivity index (χ1n) is 8.54. The summed E-state index contributed by atoms with van der Waals surface area (Å²) in [6.07, 6.45) is 2.82. The van der Waals surface area contributed by atoms with Gasteiger partial charge in [0.2, 0.25) is 10.1 Å². The maximum Gasteiger partial charge on any atom is 0.317 e. The minimum Gasteiger partial charge on any atom is -0.355 e. The molecule has 1 aromatic carbocycles. The first-order chi connectivity index (χ1) is 12.6. The lowest BCUT2D eigenvalue weighted by Crippen LogP contribution is -2.39. The Hall–Kier alpha value is -2.32. The fourth-order valence-electron chi connectivity index (χ4n) is 3.02. The van der Waals surface area contributed by atoms with Crippen molar-refractivity contribution in [3.63, 3.8) is 0 Å². The summed E-state index contributed by atoms with van der Waals surface area (Å²) in [6, 6.07) is 7.81. The predicted molar refractivity (Wildman–Crippen MR) is 104 cm³/mol. The van der Waals surface area contributed by atoms with E-state index in [9.17, 15) is 4.79 Å². The summed E-state index contributed by atoms with van der Waals surface area (Å²) in [7, 11) is 0. The van der Waals surface area contributed by atoms with Crippen LogP contribution in [0.4, 0.5) is 9.93 Å². The predicted octanol–water partition coefficient (Wildman–Crippen LogP) is 3.33. The van der Waals surface area contributed by atoms with Crippen LogP contribution in [0.3, 0.4) is 0 Å². The van der Waals surface area contributed by atoms with E-state index in [1.165, 1.54) is 11.3 Å². The maximum absolute atomic E-state index is 11.9. The smallest absolute Gasteiger partial charge is 0.317 e. The Bertz CT molecular complexity index is 890. The number of carbonyl (C=O) groups is 1. The molecule has 1 aliphatic rings. The molecule has 1 fully saturated rings. The molecule has 1 atom stereocenters. The third kappa shape index (κ3) is 3.47. The number of amides is 2. The number of hydrogen-bond donors (Lipinski definition) is 2. The van der Waals surface area contributed by atoms with E-state index in [4.69, 9.17) is 11.6 Å². The molecule has 0 bridgehead atoms. The van der Waals surface area contributed by atoms with Crippen LogP contribution < -0.4 is 10.6 Å². The monoisotopic (exact) mass is 390 g/mol. The highest BCUT2D eigenvalue weighted by Crippen LogP contribution is 2.26. The highest BCUT2D eigenvalue weighted by molar-refractivity contribution is 7.20. The van der Waals surface area contributed by atoms with E-state index in [1.807, 2.05) is 42.3 Å². The standard InChI is InChI=1S/C17H19ClN6OS/c1-2-19-16(25)23-8-7-13(9-23)20-15-22-24-10-14(21-17(24)26-15)11-3-5-12(18)6-4-11/h3-6,10,13H,2,7-9H2,1H3,(H,19,25)(H,20,22). The van der Waals surface area contributed by atoms with Crippen LogP contribution in [-0.4, -0.2) is 51.2 Å². The third-order valence-corrected chi connectivity index (χ3v) is 5.42. The Morgan fingerprint density at radius 3 is 2.92 bits per heavy atom. The normalized spacial score (nSPS) is 17.0. The Balaban J connectivity index is 1.43. The largest absolute Gasteiger partial charge is 0.355 e. The van der Waals surface area contributed by atoms with E-state index < -0.39 is 0 Å². The van der Waals surface area contributed by atoms with E-state index in [1.54, 1.807) is 4.52 Å². The van der Waals surface area contributed by atoms with Crippen LogP contribution in [0.5, 0.6) is 0 Å². The highest BCUT2D eigenvalue weighted by atomic mass is 35.5. The molecule has 26 heavy (non-hydrogen) atoms. The number of nitrogens with zero attached hydrogens (tertiary/aromatic N) is 4. The van der Waals surface area contributed by atoms with Gasteiger partial charge in [0.05, 0.1) is 11.9 Å². The average molecular weight is 391 g/mol. The zero-order chi connectivity index (χ0) is 18.1. The van der Waals surface area contributed by atoms with Gasteiger partial charge in [0.25, 0.3) is 0 Å². The zero-order valence-corrected chi connectivity index (χ0v) is 15.8. The van der Waals surface area contributed by atoms with Crippen molar-refractivity contribution in [1.29, 1.82) is 0 Å². The number of nitrogens with one attached hydrogen (secondary N) is 2.